The smallest absolute Gasteiger partial charge is 0.296 e. The Kier molecular flexibility index (Phi) is 7.79. The molecule has 0 spiro atoms. The summed E-state index contributed by atoms with van der Waals surface area (Å²) in [7, 11) is -3.88. The van der Waals surface area contributed by atoms with E-state index in [1.807, 2.05) is 13.8 Å². The van der Waals surface area contributed by atoms with E-state index < -0.39 is 28.2 Å². The standard InChI is InChI=1S/C17H27FO5S/c1-6-21-14(3)23-17(4,5)16(18)11-12-22-24(19,20)15-9-7-13(2)8-10-15/h7-10,14,16H,6,11-12H2,1-5H3. The summed E-state index contributed by atoms with van der Waals surface area (Å²) in [5.41, 5.74) is -0.161. The van der Waals surface area contributed by atoms with Crippen molar-refractivity contribution in [2.45, 2.75) is 64.0 Å². The van der Waals surface area contributed by atoms with Crippen LogP contribution in [0.15, 0.2) is 29.2 Å². The zero-order valence-electron chi connectivity index (χ0n) is 14.9. The van der Waals surface area contributed by atoms with Crippen LogP contribution < -0.4 is 0 Å². The van der Waals surface area contributed by atoms with Crippen LogP contribution in [0.4, 0.5) is 4.39 Å². The van der Waals surface area contributed by atoms with Crippen LogP contribution in [-0.4, -0.2) is 39.7 Å². The average Bonchev–Trinajstić information content (AvgIpc) is 2.47. The number of alkyl halides is 1. The molecule has 24 heavy (non-hydrogen) atoms. The van der Waals surface area contributed by atoms with Gasteiger partial charge in [0.25, 0.3) is 10.1 Å². The third-order valence-corrected chi connectivity index (χ3v) is 4.87. The minimum atomic E-state index is -3.88. The summed E-state index contributed by atoms with van der Waals surface area (Å²) >= 11 is 0. The molecular formula is C17H27FO5S. The van der Waals surface area contributed by atoms with E-state index in [0.29, 0.717) is 6.61 Å². The van der Waals surface area contributed by atoms with Gasteiger partial charge >= 0.3 is 0 Å². The molecule has 0 saturated carbocycles. The van der Waals surface area contributed by atoms with Crippen molar-refractivity contribution in [1.29, 1.82) is 0 Å². The maximum atomic E-state index is 14.4. The Labute approximate surface area is 144 Å². The van der Waals surface area contributed by atoms with E-state index in [9.17, 15) is 12.8 Å². The van der Waals surface area contributed by atoms with Crippen molar-refractivity contribution < 1.29 is 26.5 Å². The minimum absolute atomic E-state index is 0.0592. The first-order valence-electron chi connectivity index (χ1n) is 7.98. The summed E-state index contributed by atoms with van der Waals surface area (Å²) in [5.74, 6) is 0. The normalized spacial score (nSPS) is 15.2. The Morgan fingerprint density at radius 3 is 2.33 bits per heavy atom. The number of hydrogen-bond acceptors (Lipinski definition) is 5. The predicted molar refractivity (Wildman–Crippen MR) is 90.1 cm³/mol. The zero-order valence-corrected chi connectivity index (χ0v) is 15.7. The van der Waals surface area contributed by atoms with Crippen molar-refractivity contribution in [3.8, 4) is 0 Å². The van der Waals surface area contributed by atoms with Crippen molar-refractivity contribution in [2.24, 2.45) is 0 Å². The molecule has 0 heterocycles. The quantitative estimate of drug-likeness (QED) is 0.470. The van der Waals surface area contributed by atoms with Gasteiger partial charge in [-0.25, -0.2) is 4.39 Å². The lowest BCUT2D eigenvalue weighted by molar-refractivity contribution is -0.208. The van der Waals surface area contributed by atoms with Crippen LogP contribution in [0.3, 0.4) is 0 Å². The Morgan fingerprint density at radius 1 is 1.21 bits per heavy atom. The highest BCUT2D eigenvalue weighted by atomic mass is 32.2. The molecule has 0 amide bonds. The maximum absolute atomic E-state index is 14.4. The second-order valence-corrected chi connectivity index (χ2v) is 7.70. The van der Waals surface area contributed by atoms with Crippen LogP contribution in [-0.2, 0) is 23.8 Å². The second kappa shape index (κ2) is 8.89. The Balaban J connectivity index is 2.54. The molecule has 1 rings (SSSR count). The van der Waals surface area contributed by atoms with Crippen LogP contribution in [0.1, 0.15) is 39.7 Å². The van der Waals surface area contributed by atoms with Crippen LogP contribution in [0.25, 0.3) is 0 Å². The van der Waals surface area contributed by atoms with E-state index in [4.69, 9.17) is 13.7 Å². The largest absolute Gasteiger partial charge is 0.353 e. The number of ether oxygens (including phenoxy) is 2. The van der Waals surface area contributed by atoms with Crippen molar-refractivity contribution in [2.75, 3.05) is 13.2 Å². The fourth-order valence-electron chi connectivity index (χ4n) is 2.15. The van der Waals surface area contributed by atoms with Gasteiger partial charge < -0.3 is 9.47 Å². The van der Waals surface area contributed by atoms with Gasteiger partial charge in [-0.05, 0) is 46.8 Å². The lowest BCUT2D eigenvalue weighted by atomic mass is 10.0. The van der Waals surface area contributed by atoms with E-state index in [1.54, 1.807) is 32.9 Å². The highest BCUT2D eigenvalue weighted by Crippen LogP contribution is 2.24. The number of rotatable bonds is 10. The highest BCUT2D eigenvalue weighted by molar-refractivity contribution is 7.86. The molecule has 0 N–H and O–H groups in total. The first-order valence-corrected chi connectivity index (χ1v) is 9.39. The van der Waals surface area contributed by atoms with Crippen LogP contribution in [0.5, 0.6) is 0 Å². The van der Waals surface area contributed by atoms with E-state index in [-0.39, 0.29) is 17.9 Å². The molecule has 0 aliphatic carbocycles. The topological polar surface area (TPSA) is 61.8 Å². The highest BCUT2D eigenvalue weighted by Gasteiger charge is 2.33. The van der Waals surface area contributed by atoms with Crippen LogP contribution in [0, 0.1) is 6.92 Å². The molecule has 1 aromatic rings. The monoisotopic (exact) mass is 362 g/mol. The minimum Gasteiger partial charge on any atom is -0.353 e. The molecule has 5 nitrogen and oxygen atoms in total. The van der Waals surface area contributed by atoms with E-state index >= 15 is 0 Å². The fraction of sp³-hybridized carbons (Fsp3) is 0.647. The summed E-state index contributed by atoms with van der Waals surface area (Å²) in [5, 5.41) is 0. The SMILES string of the molecule is CCOC(C)OC(C)(C)C(F)CCOS(=O)(=O)c1ccc(C)cc1. The molecule has 0 aromatic heterocycles. The van der Waals surface area contributed by atoms with Gasteiger partial charge in [-0.3, -0.25) is 4.18 Å². The average molecular weight is 362 g/mol. The molecule has 2 atom stereocenters. The number of benzene rings is 1. The molecule has 0 aliphatic heterocycles. The van der Waals surface area contributed by atoms with Crippen molar-refractivity contribution in [3.63, 3.8) is 0 Å². The summed E-state index contributed by atoms with van der Waals surface area (Å²) < 4.78 is 54.1. The molecule has 0 saturated heterocycles. The number of halogens is 1. The van der Waals surface area contributed by atoms with E-state index in [0.717, 1.165) is 5.56 Å². The van der Waals surface area contributed by atoms with Crippen molar-refractivity contribution in [1.82, 2.24) is 0 Å². The number of hydrogen-bond donors (Lipinski definition) is 0. The molecule has 138 valence electrons. The second-order valence-electron chi connectivity index (χ2n) is 6.09. The molecular weight excluding hydrogens is 335 g/mol. The van der Waals surface area contributed by atoms with Gasteiger partial charge in [0, 0.05) is 13.0 Å². The first kappa shape index (κ1) is 21.0. The predicted octanol–water partition coefficient (Wildman–Crippen LogP) is 3.61. The third-order valence-electron chi connectivity index (χ3n) is 3.54. The zero-order chi connectivity index (χ0) is 18.4. The molecule has 0 fully saturated rings. The lowest BCUT2D eigenvalue weighted by Gasteiger charge is -2.31. The molecule has 0 radical (unpaired) electrons. The summed E-state index contributed by atoms with van der Waals surface area (Å²) in [6.45, 7) is 8.78. The van der Waals surface area contributed by atoms with Crippen molar-refractivity contribution in [3.05, 3.63) is 29.8 Å². The molecule has 1 aromatic carbocycles. The lowest BCUT2D eigenvalue weighted by Crippen LogP contribution is -2.40. The molecule has 7 heteroatoms. The summed E-state index contributed by atoms with van der Waals surface area (Å²) in [4.78, 5) is 0.0592. The molecule has 0 aliphatic rings. The van der Waals surface area contributed by atoms with Crippen LogP contribution in [0.2, 0.25) is 0 Å². The van der Waals surface area contributed by atoms with Gasteiger partial charge in [0.15, 0.2) is 6.29 Å². The molecule has 0 bridgehead atoms. The van der Waals surface area contributed by atoms with Gasteiger partial charge in [0.2, 0.25) is 0 Å². The first-order chi connectivity index (χ1) is 11.1. The summed E-state index contributed by atoms with van der Waals surface area (Å²) in [6.07, 6.45) is -2.04. The van der Waals surface area contributed by atoms with Crippen molar-refractivity contribution >= 4 is 10.1 Å². The van der Waals surface area contributed by atoms with Gasteiger partial charge in [-0.15, -0.1) is 0 Å². The molecule has 2 unspecified atom stereocenters. The van der Waals surface area contributed by atoms with Gasteiger partial charge in [0.1, 0.15) is 6.17 Å². The van der Waals surface area contributed by atoms with Gasteiger partial charge in [-0.2, -0.15) is 8.42 Å². The third kappa shape index (κ3) is 6.47. The van der Waals surface area contributed by atoms with Gasteiger partial charge in [-0.1, -0.05) is 17.7 Å². The number of aryl methyl sites for hydroxylation is 1. The Hall–Kier alpha value is -1.02. The van der Waals surface area contributed by atoms with Gasteiger partial charge in [0.05, 0.1) is 17.1 Å². The van der Waals surface area contributed by atoms with E-state index in [2.05, 4.69) is 0 Å². The Bertz CT molecular complexity index is 598. The van der Waals surface area contributed by atoms with E-state index in [1.165, 1.54) is 12.1 Å². The van der Waals surface area contributed by atoms with Crippen LogP contribution >= 0.6 is 0 Å². The maximum Gasteiger partial charge on any atom is 0.296 e. The fourth-order valence-corrected chi connectivity index (χ4v) is 3.07. The Morgan fingerprint density at radius 2 is 1.79 bits per heavy atom. The summed E-state index contributed by atoms with van der Waals surface area (Å²) in [6, 6.07) is 6.30.